The molecule has 0 amide bonds. The van der Waals surface area contributed by atoms with Gasteiger partial charge in [-0.25, -0.2) is 13.2 Å². The Labute approximate surface area is 189 Å². The molecule has 0 aliphatic carbocycles. The zero-order valence-electron chi connectivity index (χ0n) is 16.9. The van der Waals surface area contributed by atoms with Crippen molar-refractivity contribution < 1.29 is 22.9 Å². The Morgan fingerprint density at radius 3 is 2.23 bits per heavy atom. The molecule has 0 bridgehead atoms. The van der Waals surface area contributed by atoms with Crippen molar-refractivity contribution in [2.24, 2.45) is 0 Å². The van der Waals surface area contributed by atoms with E-state index in [0.29, 0.717) is 10.0 Å². The summed E-state index contributed by atoms with van der Waals surface area (Å²) in [5.41, 5.74) is 1.34. The van der Waals surface area contributed by atoms with Crippen LogP contribution in [0.5, 0.6) is 0 Å². The third-order valence-electron chi connectivity index (χ3n) is 4.25. The van der Waals surface area contributed by atoms with E-state index >= 15 is 0 Å². The summed E-state index contributed by atoms with van der Waals surface area (Å²) in [4.78, 5) is 22.7. The molecule has 8 nitrogen and oxygen atoms in total. The number of benzene rings is 2. The van der Waals surface area contributed by atoms with Crippen LogP contribution in [-0.2, 0) is 19.6 Å². The van der Waals surface area contributed by atoms with Crippen molar-refractivity contribution in [1.82, 2.24) is 4.31 Å². The van der Waals surface area contributed by atoms with E-state index in [0.717, 1.165) is 9.87 Å². The van der Waals surface area contributed by atoms with Gasteiger partial charge in [0.25, 0.3) is 5.69 Å². The molecule has 0 radical (unpaired) electrons. The van der Waals surface area contributed by atoms with Crippen LogP contribution in [0.1, 0.15) is 11.1 Å². The molecule has 0 heterocycles. The second-order valence-corrected chi connectivity index (χ2v) is 9.67. The van der Waals surface area contributed by atoms with Crippen molar-refractivity contribution in [3.8, 4) is 0 Å². The van der Waals surface area contributed by atoms with Gasteiger partial charge < -0.3 is 4.74 Å². The maximum Gasteiger partial charge on any atom is 0.335 e. The summed E-state index contributed by atoms with van der Waals surface area (Å²) in [6.07, 6.45) is 1.43. The van der Waals surface area contributed by atoms with Gasteiger partial charge in [0.1, 0.15) is 0 Å². The molecule has 0 unspecified atom stereocenters. The highest BCUT2D eigenvalue weighted by atomic mass is 79.9. The SMILES string of the molecule is C=C(Br)CN(C/C(=C\c1ccc([N+](=O)[O-])cc1)C(=O)OC)S(=O)(=O)c1ccc(C)cc1. The molecule has 0 saturated heterocycles. The highest BCUT2D eigenvalue weighted by molar-refractivity contribution is 9.11. The molecule has 0 saturated carbocycles. The predicted octanol–water partition coefficient (Wildman–Crippen LogP) is 4.06. The molecule has 2 aromatic carbocycles. The number of carbonyl (C=O) groups is 1. The summed E-state index contributed by atoms with van der Waals surface area (Å²) in [6, 6.07) is 11.9. The number of esters is 1. The fourth-order valence-electron chi connectivity index (χ4n) is 2.66. The molecule has 31 heavy (non-hydrogen) atoms. The van der Waals surface area contributed by atoms with Gasteiger partial charge in [0, 0.05) is 29.7 Å². The molecule has 10 heteroatoms. The lowest BCUT2D eigenvalue weighted by atomic mass is 10.1. The third kappa shape index (κ3) is 6.58. The first-order valence-electron chi connectivity index (χ1n) is 8.98. The molecular weight excluding hydrogens is 488 g/mol. The molecule has 2 rings (SSSR count). The second-order valence-electron chi connectivity index (χ2n) is 6.61. The molecule has 0 N–H and O–H groups in total. The van der Waals surface area contributed by atoms with E-state index in [1.165, 1.54) is 49.6 Å². The van der Waals surface area contributed by atoms with Gasteiger partial charge in [0.05, 0.1) is 22.5 Å². The minimum Gasteiger partial charge on any atom is -0.466 e. The van der Waals surface area contributed by atoms with Gasteiger partial charge in [0.15, 0.2) is 0 Å². The number of nitro benzene ring substituents is 1. The molecule has 0 atom stereocenters. The highest BCUT2D eigenvalue weighted by Crippen LogP contribution is 2.22. The maximum absolute atomic E-state index is 13.2. The van der Waals surface area contributed by atoms with E-state index in [2.05, 4.69) is 22.5 Å². The van der Waals surface area contributed by atoms with Crippen molar-refractivity contribution in [3.63, 3.8) is 0 Å². The van der Waals surface area contributed by atoms with Crippen LogP contribution >= 0.6 is 15.9 Å². The Morgan fingerprint density at radius 2 is 1.74 bits per heavy atom. The fraction of sp³-hybridized carbons (Fsp3) is 0.190. The van der Waals surface area contributed by atoms with Crippen LogP contribution in [0, 0.1) is 17.0 Å². The van der Waals surface area contributed by atoms with Crippen molar-refractivity contribution in [2.45, 2.75) is 11.8 Å². The van der Waals surface area contributed by atoms with Gasteiger partial charge >= 0.3 is 5.97 Å². The smallest absolute Gasteiger partial charge is 0.335 e. The van der Waals surface area contributed by atoms with E-state index in [1.807, 2.05) is 6.92 Å². The molecule has 0 aromatic heterocycles. The molecule has 2 aromatic rings. The summed E-state index contributed by atoms with van der Waals surface area (Å²) < 4.78 is 32.7. The topological polar surface area (TPSA) is 107 Å². The van der Waals surface area contributed by atoms with Crippen LogP contribution in [0.15, 0.2) is 70.1 Å². The number of nitro groups is 1. The number of methoxy groups -OCH3 is 1. The van der Waals surface area contributed by atoms with Crippen LogP contribution in [0.4, 0.5) is 5.69 Å². The van der Waals surface area contributed by atoms with E-state index < -0.39 is 20.9 Å². The van der Waals surface area contributed by atoms with Crippen LogP contribution in [-0.4, -0.2) is 43.8 Å². The lowest BCUT2D eigenvalue weighted by Crippen LogP contribution is -2.35. The first kappa shape index (κ1) is 24.4. The summed E-state index contributed by atoms with van der Waals surface area (Å²) in [6.45, 7) is 5.19. The van der Waals surface area contributed by atoms with Crippen LogP contribution in [0.25, 0.3) is 6.08 Å². The monoisotopic (exact) mass is 508 g/mol. The van der Waals surface area contributed by atoms with Crippen LogP contribution in [0.2, 0.25) is 0 Å². The number of hydrogen-bond acceptors (Lipinski definition) is 6. The summed E-state index contributed by atoms with van der Waals surface area (Å²) in [5.74, 6) is -0.720. The quantitative estimate of drug-likeness (QED) is 0.219. The van der Waals surface area contributed by atoms with Crippen molar-refractivity contribution >= 4 is 43.7 Å². The van der Waals surface area contributed by atoms with Gasteiger partial charge in [-0.2, -0.15) is 4.31 Å². The standard InChI is InChI=1S/C21H21BrN2O6S/c1-15-4-10-20(11-5-15)31(28,29)23(13-16(2)22)14-18(21(25)30-3)12-17-6-8-19(9-7-17)24(26)27/h4-12H,2,13-14H2,1,3H3/b18-12+. The number of hydrogen-bond donors (Lipinski definition) is 0. The second kappa shape index (κ2) is 10.5. The van der Waals surface area contributed by atoms with Gasteiger partial charge in [-0.1, -0.05) is 40.2 Å². The number of halogens is 1. The molecular formula is C21H21BrN2O6S. The average molecular weight is 509 g/mol. The van der Waals surface area contributed by atoms with Crippen LogP contribution in [0.3, 0.4) is 0 Å². The largest absolute Gasteiger partial charge is 0.466 e. The molecule has 0 aliphatic rings. The highest BCUT2D eigenvalue weighted by Gasteiger charge is 2.27. The number of non-ortho nitro benzene ring substituents is 1. The number of nitrogens with zero attached hydrogens (tertiary/aromatic N) is 2. The molecule has 0 aliphatic heterocycles. The third-order valence-corrected chi connectivity index (χ3v) is 6.30. The van der Waals surface area contributed by atoms with Crippen LogP contribution < -0.4 is 0 Å². The average Bonchev–Trinajstić information content (AvgIpc) is 2.72. The number of carbonyl (C=O) groups excluding carboxylic acids is 1. The number of sulfonamides is 1. The first-order valence-corrected chi connectivity index (χ1v) is 11.2. The normalized spacial score (nSPS) is 11.9. The minimum absolute atomic E-state index is 0.0563. The van der Waals surface area contributed by atoms with E-state index in [1.54, 1.807) is 12.1 Å². The number of aryl methyl sites for hydroxylation is 1. The van der Waals surface area contributed by atoms with Crippen molar-refractivity contribution in [1.29, 1.82) is 0 Å². The van der Waals surface area contributed by atoms with Gasteiger partial charge in [-0.15, -0.1) is 0 Å². The molecule has 164 valence electrons. The Hall–Kier alpha value is -2.82. The lowest BCUT2D eigenvalue weighted by molar-refractivity contribution is -0.384. The summed E-state index contributed by atoms with van der Waals surface area (Å²) in [7, 11) is -2.77. The predicted molar refractivity (Wildman–Crippen MR) is 121 cm³/mol. The van der Waals surface area contributed by atoms with Gasteiger partial charge in [-0.3, -0.25) is 10.1 Å². The number of ether oxygens (including phenoxy) is 1. The lowest BCUT2D eigenvalue weighted by Gasteiger charge is -2.23. The summed E-state index contributed by atoms with van der Waals surface area (Å²) >= 11 is 3.18. The Bertz CT molecular complexity index is 1110. The Morgan fingerprint density at radius 1 is 1.16 bits per heavy atom. The maximum atomic E-state index is 13.2. The Kier molecular flexibility index (Phi) is 8.26. The van der Waals surface area contributed by atoms with E-state index in [9.17, 15) is 23.3 Å². The molecule has 0 spiro atoms. The molecule has 0 fully saturated rings. The zero-order valence-corrected chi connectivity index (χ0v) is 19.4. The number of rotatable bonds is 9. The van der Waals surface area contributed by atoms with E-state index in [-0.39, 0.29) is 29.2 Å². The van der Waals surface area contributed by atoms with Gasteiger partial charge in [-0.05, 0) is 42.8 Å². The van der Waals surface area contributed by atoms with Crippen molar-refractivity contribution in [2.75, 3.05) is 20.2 Å². The van der Waals surface area contributed by atoms with E-state index in [4.69, 9.17) is 4.74 Å². The van der Waals surface area contributed by atoms with Gasteiger partial charge in [0.2, 0.25) is 10.0 Å². The Balaban J connectivity index is 2.46. The fourth-order valence-corrected chi connectivity index (χ4v) is 4.54. The van der Waals surface area contributed by atoms with Crippen molar-refractivity contribution in [3.05, 3.63) is 86.4 Å². The first-order chi connectivity index (χ1) is 14.5. The zero-order chi connectivity index (χ0) is 23.2. The minimum atomic E-state index is -3.96. The summed E-state index contributed by atoms with van der Waals surface area (Å²) in [5, 5.41) is 10.8.